The second kappa shape index (κ2) is 7.72. The molecular formula is C21H22N4O2. The Labute approximate surface area is 158 Å². The monoisotopic (exact) mass is 362 g/mol. The van der Waals surface area contributed by atoms with Crippen molar-refractivity contribution >= 4 is 11.5 Å². The lowest BCUT2D eigenvalue weighted by Crippen LogP contribution is -2.05. The number of hydrogen-bond donors (Lipinski definition) is 2. The summed E-state index contributed by atoms with van der Waals surface area (Å²) in [6.45, 7) is 2.29. The van der Waals surface area contributed by atoms with Crippen molar-refractivity contribution in [1.82, 2.24) is 15.0 Å². The van der Waals surface area contributed by atoms with E-state index in [0.29, 0.717) is 6.61 Å². The number of benzene rings is 1. The molecular weight excluding hydrogens is 340 g/mol. The molecule has 0 fully saturated rings. The van der Waals surface area contributed by atoms with Crippen LogP contribution in [-0.4, -0.2) is 33.3 Å². The van der Waals surface area contributed by atoms with Crippen LogP contribution in [0.2, 0.25) is 0 Å². The molecule has 0 bridgehead atoms. The maximum Gasteiger partial charge on any atom is 0.161 e. The molecule has 1 aromatic carbocycles. The number of hydrogen-bond acceptors (Lipinski definition) is 6. The number of aliphatic hydroxyl groups is 1. The van der Waals surface area contributed by atoms with Crippen molar-refractivity contribution < 1.29 is 9.84 Å². The Morgan fingerprint density at radius 1 is 1.11 bits per heavy atom. The minimum atomic E-state index is 0.00426. The van der Waals surface area contributed by atoms with Crippen LogP contribution in [-0.2, 0) is 12.8 Å². The number of nitrogens with one attached hydrogen (secondary N) is 1. The van der Waals surface area contributed by atoms with Crippen LogP contribution in [0.25, 0.3) is 11.4 Å². The molecule has 3 aromatic rings. The van der Waals surface area contributed by atoms with Crippen molar-refractivity contribution in [3.8, 4) is 17.1 Å². The highest BCUT2D eigenvalue weighted by Gasteiger charge is 2.20. The van der Waals surface area contributed by atoms with Crippen LogP contribution in [0.5, 0.6) is 5.75 Å². The predicted molar refractivity (Wildman–Crippen MR) is 104 cm³/mol. The van der Waals surface area contributed by atoms with E-state index >= 15 is 0 Å². The summed E-state index contributed by atoms with van der Waals surface area (Å²) in [6, 6.07) is 9.77. The van der Waals surface area contributed by atoms with Gasteiger partial charge in [0.1, 0.15) is 18.2 Å². The van der Waals surface area contributed by atoms with Gasteiger partial charge >= 0.3 is 0 Å². The van der Waals surface area contributed by atoms with Crippen LogP contribution in [0, 0.1) is 6.92 Å². The van der Waals surface area contributed by atoms with Crippen molar-refractivity contribution in [2.45, 2.75) is 26.2 Å². The Morgan fingerprint density at radius 2 is 1.96 bits per heavy atom. The topological polar surface area (TPSA) is 80.2 Å². The molecule has 0 unspecified atom stereocenters. The summed E-state index contributed by atoms with van der Waals surface area (Å²) in [6.07, 6.45) is 6.59. The highest BCUT2D eigenvalue weighted by molar-refractivity contribution is 5.66. The van der Waals surface area contributed by atoms with Gasteiger partial charge in [0.2, 0.25) is 0 Å². The van der Waals surface area contributed by atoms with E-state index in [1.54, 1.807) is 12.4 Å². The minimum absolute atomic E-state index is 0.00426. The van der Waals surface area contributed by atoms with Crippen molar-refractivity contribution in [2.24, 2.45) is 0 Å². The molecule has 6 heteroatoms. The van der Waals surface area contributed by atoms with Gasteiger partial charge in [-0.3, -0.25) is 4.98 Å². The lowest BCUT2D eigenvalue weighted by atomic mass is 10.1. The van der Waals surface area contributed by atoms with Crippen LogP contribution in [0.1, 0.15) is 23.2 Å². The molecule has 1 aliphatic rings. The first-order valence-corrected chi connectivity index (χ1v) is 9.16. The summed E-state index contributed by atoms with van der Waals surface area (Å²) in [4.78, 5) is 13.6. The van der Waals surface area contributed by atoms with E-state index in [2.05, 4.69) is 10.3 Å². The fourth-order valence-electron chi connectivity index (χ4n) is 3.35. The lowest BCUT2D eigenvalue weighted by Gasteiger charge is -2.14. The summed E-state index contributed by atoms with van der Waals surface area (Å²) < 4.78 is 5.53. The van der Waals surface area contributed by atoms with E-state index in [9.17, 15) is 0 Å². The van der Waals surface area contributed by atoms with Gasteiger partial charge in [-0.05, 0) is 62.1 Å². The maximum atomic E-state index is 8.92. The number of nitrogens with zero attached hydrogens (tertiary/aromatic N) is 3. The second-order valence-corrected chi connectivity index (χ2v) is 6.59. The van der Waals surface area contributed by atoms with E-state index < -0.39 is 0 Å². The fourth-order valence-corrected chi connectivity index (χ4v) is 3.35. The summed E-state index contributed by atoms with van der Waals surface area (Å²) in [5, 5.41) is 12.4. The number of anilines is 2. The lowest BCUT2D eigenvalue weighted by molar-refractivity contribution is 0.200. The summed E-state index contributed by atoms with van der Waals surface area (Å²) in [5.41, 5.74) is 5.25. The van der Waals surface area contributed by atoms with Crippen LogP contribution < -0.4 is 10.1 Å². The smallest absolute Gasteiger partial charge is 0.161 e. The molecule has 4 rings (SSSR count). The molecule has 0 saturated carbocycles. The Kier molecular flexibility index (Phi) is 4.98. The Hall–Kier alpha value is -2.99. The molecule has 0 atom stereocenters. The van der Waals surface area contributed by atoms with Gasteiger partial charge < -0.3 is 15.2 Å². The van der Waals surface area contributed by atoms with Crippen molar-refractivity contribution in [3.63, 3.8) is 0 Å². The third-order valence-electron chi connectivity index (χ3n) is 4.66. The average Bonchev–Trinajstić information content (AvgIpc) is 3.17. The number of ether oxygens (including phenoxy) is 1. The second-order valence-electron chi connectivity index (χ2n) is 6.59. The average molecular weight is 362 g/mol. The first-order chi connectivity index (χ1) is 13.2. The summed E-state index contributed by atoms with van der Waals surface area (Å²) in [7, 11) is 0. The molecule has 2 heterocycles. The van der Waals surface area contributed by atoms with Gasteiger partial charge in [0.15, 0.2) is 5.82 Å². The fraction of sp³-hybridized carbons (Fsp3) is 0.286. The largest absolute Gasteiger partial charge is 0.491 e. The van der Waals surface area contributed by atoms with Crippen LogP contribution in [0.15, 0.2) is 42.7 Å². The van der Waals surface area contributed by atoms with E-state index in [1.807, 2.05) is 37.3 Å². The molecule has 0 saturated heterocycles. The number of fused-ring (bicyclic) bond motifs is 1. The maximum absolute atomic E-state index is 8.92. The molecule has 0 spiro atoms. The van der Waals surface area contributed by atoms with Crippen molar-refractivity contribution in [3.05, 3.63) is 59.5 Å². The number of aryl methyl sites for hydroxylation is 2. The van der Waals surface area contributed by atoms with Crippen LogP contribution in [0.3, 0.4) is 0 Å². The number of aromatic nitrogens is 3. The molecule has 138 valence electrons. The van der Waals surface area contributed by atoms with Gasteiger partial charge in [0, 0.05) is 34.9 Å². The van der Waals surface area contributed by atoms with Crippen molar-refractivity contribution in [1.29, 1.82) is 0 Å². The third-order valence-corrected chi connectivity index (χ3v) is 4.66. The Balaban J connectivity index is 1.66. The van der Waals surface area contributed by atoms with E-state index in [4.69, 9.17) is 19.8 Å². The first-order valence-electron chi connectivity index (χ1n) is 9.16. The highest BCUT2D eigenvalue weighted by Crippen LogP contribution is 2.32. The van der Waals surface area contributed by atoms with Gasteiger partial charge in [0.25, 0.3) is 0 Å². The predicted octanol–water partition coefficient (Wildman–Crippen LogP) is 3.45. The van der Waals surface area contributed by atoms with E-state index in [0.717, 1.165) is 59.2 Å². The molecule has 2 N–H and O–H groups in total. The zero-order valence-electron chi connectivity index (χ0n) is 15.3. The van der Waals surface area contributed by atoms with Gasteiger partial charge in [-0.15, -0.1) is 0 Å². The quantitative estimate of drug-likeness (QED) is 0.699. The zero-order valence-corrected chi connectivity index (χ0v) is 15.3. The van der Waals surface area contributed by atoms with Crippen molar-refractivity contribution in [2.75, 3.05) is 18.5 Å². The standard InChI is InChI=1S/C21H22N4O2/c1-14-13-16(5-6-19(14)27-12-11-26)23-21-17-3-2-4-18(17)24-20(25-21)15-7-9-22-10-8-15/h5-10,13,26H,2-4,11-12H2,1H3,(H,23,24,25). The SMILES string of the molecule is Cc1cc(Nc2nc(-c3ccncc3)nc3c2CCC3)ccc1OCCO. The van der Waals surface area contributed by atoms with Crippen LogP contribution in [0.4, 0.5) is 11.5 Å². The normalized spacial score (nSPS) is 12.7. The highest BCUT2D eigenvalue weighted by atomic mass is 16.5. The number of rotatable bonds is 6. The molecule has 27 heavy (non-hydrogen) atoms. The molecule has 0 radical (unpaired) electrons. The third kappa shape index (κ3) is 3.75. The molecule has 0 amide bonds. The summed E-state index contributed by atoms with van der Waals surface area (Å²) in [5.74, 6) is 2.37. The van der Waals surface area contributed by atoms with Crippen LogP contribution >= 0.6 is 0 Å². The summed E-state index contributed by atoms with van der Waals surface area (Å²) >= 11 is 0. The minimum Gasteiger partial charge on any atom is -0.491 e. The van der Waals surface area contributed by atoms with Gasteiger partial charge in [0.05, 0.1) is 6.61 Å². The van der Waals surface area contributed by atoms with E-state index in [1.165, 1.54) is 5.56 Å². The number of aliphatic hydroxyl groups excluding tert-OH is 1. The molecule has 2 aromatic heterocycles. The molecule has 0 aliphatic heterocycles. The van der Waals surface area contributed by atoms with Gasteiger partial charge in [-0.2, -0.15) is 0 Å². The molecule has 1 aliphatic carbocycles. The zero-order chi connectivity index (χ0) is 18.6. The Bertz CT molecular complexity index is 944. The number of pyridine rings is 1. The first kappa shape index (κ1) is 17.4. The Morgan fingerprint density at radius 3 is 2.74 bits per heavy atom. The van der Waals surface area contributed by atoms with Gasteiger partial charge in [-0.25, -0.2) is 9.97 Å². The van der Waals surface area contributed by atoms with E-state index in [-0.39, 0.29) is 6.61 Å². The molecule has 6 nitrogen and oxygen atoms in total. The van der Waals surface area contributed by atoms with Gasteiger partial charge in [-0.1, -0.05) is 0 Å².